The van der Waals surface area contributed by atoms with Crippen molar-refractivity contribution in [3.8, 4) is 5.75 Å². The molecule has 2 nitrogen and oxygen atoms in total. The van der Waals surface area contributed by atoms with E-state index < -0.39 is 0 Å². The van der Waals surface area contributed by atoms with Crippen LogP contribution in [-0.2, 0) is 0 Å². The Morgan fingerprint density at radius 1 is 1.20 bits per heavy atom. The first-order valence-electron chi connectivity index (χ1n) is 5.53. The largest absolute Gasteiger partial charge is 0.492 e. The van der Waals surface area contributed by atoms with Crippen LogP contribution in [0.5, 0.6) is 5.75 Å². The van der Waals surface area contributed by atoms with Crippen molar-refractivity contribution in [2.45, 2.75) is 33.2 Å². The van der Waals surface area contributed by atoms with Crippen molar-refractivity contribution in [3.63, 3.8) is 0 Å². The average molecular weight is 207 g/mol. The zero-order valence-corrected chi connectivity index (χ0v) is 9.86. The summed E-state index contributed by atoms with van der Waals surface area (Å²) in [7, 11) is 0. The Hall–Kier alpha value is -1.02. The number of ether oxygens (including phenoxy) is 1. The zero-order chi connectivity index (χ0) is 11.3. The zero-order valence-electron chi connectivity index (χ0n) is 9.86. The smallest absolute Gasteiger partial charge is 0.119 e. The van der Waals surface area contributed by atoms with Gasteiger partial charge in [-0.25, -0.2) is 0 Å². The normalized spacial score (nSPS) is 12.9. The van der Waals surface area contributed by atoms with Gasteiger partial charge in [-0.3, -0.25) is 0 Å². The van der Waals surface area contributed by atoms with Crippen LogP contribution >= 0.6 is 0 Å². The van der Waals surface area contributed by atoms with Crippen LogP contribution in [0.2, 0.25) is 0 Å². The van der Waals surface area contributed by atoms with E-state index in [4.69, 9.17) is 10.5 Å². The minimum Gasteiger partial charge on any atom is -0.492 e. The van der Waals surface area contributed by atoms with Crippen LogP contribution in [0.25, 0.3) is 0 Å². The fourth-order valence-electron chi connectivity index (χ4n) is 1.51. The van der Waals surface area contributed by atoms with Gasteiger partial charge >= 0.3 is 0 Å². The Balaban J connectivity index is 2.33. The van der Waals surface area contributed by atoms with E-state index in [1.165, 1.54) is 5.56 Å². The Labute approximate surface area is 92.4 Å². The van der Waals surface area contributed by atoms with E-state index >= 15 is 0 Å². The summed E-state index contributed by atoms with van der Waals surface area (Å²) >= 11 is 0. The Morgan fingerprint density at radius 2 is 1.80 bits per heavy atom. The van der Waals surface area contributed by atoms with E-state index in [-0.39, 0.29) is 6.04 Å². The van der Waals surface area contributed by atoms with Crippen molar-refractivity contribution in [1.29, 1.82) is 0 Å². The number of rotatable bonds is 5. The first-order chi connectivity index (χ1) is 7.08. The molecule has 1 rings (SSSR count). The predicted molar refractivity (Wildman–Crippen MR) is 64.1 cm³/mol. The van der Waals surface area contributed by atoms with Crippen LogP contribution in [0.15, 0.2) is 24.3 Å². The number of hydrogen-bond acceptors (Lipinski definition) is 2. The van der Waals surface area contributed by atoms with Gasteiger partial charge in [0.2, 0.25) is 0 Å². The maximum Gasteiger partial charge on any atom is 0.119 e. The molecule has 0 heterocycles. The molecule has 1 aromatic carbocycles. The molecular formula is C13H21NO. The molecule has 0 bridgehead atoms. The minimum absolute atomic E-state index is 0.131. The number of nitrogens with two attached hydrogens (primary N) is 1. The van der Waals surface area contributed by atoms with E-state index in [0.29, 0.717) is 12.5 Å². The number of benzene rings is 1. The molecule has 0 spiro atoms. The Kier molecular flexibility index (Phi) is 4.63. The second kappa shape index (κ2) is 5.76. The van der Waals surface area contributed by atoms with Crippen molar-refractivity contribution >= 4 is 0 Å². The van der Waals surface area contributed by atoms with Crippen LogP contribution in [0.4, 0.5) is 0 Å². The quantitative estimate of drug-likeness (QED) is 0.805. The Morgan fingerprint density at radius 3 is 2.33 bits per heavy atom. The molecule has 0 saturated heterocycles. The summed E-state index contributed by atoms with van der Waals surface area (Å²) in [5.74, 6) is 1.53. The van der Waals surface area contributed by atoms with E-state index in [9.17, 15) is 0 Å². The lowest BCUT2D eigenvalue weighted by Gasteiger charge is -2.15. The molecule has 1 aromatic rings. The maximum absolute atomic E-state index is 5.93. The highest BCUT2D eigenvalue weighted by Gasteiger charge is 2.05. The standard InChI is InChI=1S/C13H21NO/c1-10(2)8-12(14)9-15-13-6-4-11(3)5-7-13/h4-7,10,12H,8-9,14H2,1-3H3. The molecule has 1 atom stereocenters. The van der Waals surface area contributed by atoms with Crippen molar-refractivity contribution in [3.05, 3.63) is 29.8 Å². The lowest BCUT2D eigenvalue weighted by atomic mass is 10.1. The molecule has 0 fully saturated rings. The number of aryl methyl sites for hydroxylation is 1. The lowest BCUT2D eigenvalue weighted by molar-refractivity contribution is 0.271. The summed E-state index contributed by atoms with van der Waals surface area (Å²) in [4.78, 5) is 0. The van der Waals surface area contributed by atoms with Gasteiger partial charge in [-0.15, -0.1) is 0 Å². The van der Waals surface area contributed by atoms with Crippen LogP contribution in [0.3, 0.4) is 0 Å². The van der Waals surface area contributed by atoms with Gasteiger partial charge in [-0.1, -0.05) is 31.5 Å². The van der Waals surface area contributed by atoms with Crippen molar-refractivity contribution in [1.82, 2.24) is 0 Å². The summed E-state index contributed by atoms with van der Waals surface area (Å²) < 4.78 is 5.60. The first-order valence-corrected chi connectivity index (χ1v) is 5.53. The summed E-state index contributed by atoms with van der Waals surface area (Å²) in [6.07, 6.45) is 1.01. The van der Waals surface area contributed by atoms with Gasteiger partial charge in [0.25, 0.3) is 0 Å². The van der Waals surface area contributed by atoms with Crippen LogP contribution in [-0.4, -0.2) is 12.6 Å². The van der Waals surface area contributed by atoms with Crippen LogP contribution in [0, 0.1) is 12.8 Å². The lowest BCUT2D eigenvalue weighted by Crippen LogP contribution is -2.29. The third kappa shape index (κ3) is 4.84. The van der Waals surface area contributed by atoms with Gasteiger partial charge in [-0.2, -0.15) is 0 Å². The predicted octanol–water partition coefficient (Wildman–Crippen LogP) is 2.75. The molecule has 0 aliphatic rings. The monoisotopic (exact) mass is 207 g/mol. The van der Waals surface area contributed by atoms with E-state index in [0.717, 1.165) is 12.2 Å². The maximum atomic E-state index is 5.93. The van der Waals surface area contributed by atoms with Gasteiger partial charge in [-0.05, 0) is 31.4 Å². The molecule has 0 radical (unpaired) electrons. The van der Waals surface area contributed by atoms with Gasteiger partial charge in [0.1, 0.15) is 12.4 Å². The van der Waals surface area contributed by atoms with Gasteiger partial charge in [0.15, 0.2) is 0 Å². The topological polar surface area (TPSA) is 35.2 Å². The average Bonchev–Trinajstić information content (AvgIpc) is 2.16. The van der Waals surface area contributed by atoms with E-state index in [1.807, 2.05) is 24.3 Å². The molecule has 1 unspecified atom stereocenters. The van der Waals surface area contributed by atoms with E-state index in [1.54, 1.807) is 0 Å². The molecule has 0 saturated carbocycles. The molecule has 15 heavy (non-hydrogen) atoms. The van der Waals surface area contributed by atoms with E-state index in [2.05, 4.69) is 20.8 Å². The molecule has 0 aromatic heterocycles. The van der Waals surface area contributed by atoms with Gasteiger partial charge in [0.05, 0.1) is 0 Å². The SMILES string of the molecule is Cc1ccc(OCC(N)CC(C)C)cc1. The first kappa shape index (κ1) is 12.1. The third-order valence-corrected chi connectivity index (χ3v) is 2.26. The summed E-state index contributed by atoms with van der Waals surface area (Å²) in [5.41, 5.74) is 7.17. The molecule has 0 aliphatic carbocycles. The van der Waals surface area contributed by atoms with Gasteiger partial charge < -0.3 is 10.5 Å². The van der Waals surface area contributed by atoms with Crippen molar-refractivity contribution in [2.24, 2.45) is 11.7 Å². The molecule has 84 valence electrons. The van der Waals surface area contributed by atoms with Crippen LogP contribution < -0.4 is 10.5 Å². The highest BCUT2D eigenvalue weighted by atomic mass is 16.5. The van der Waals surface area contributed by atoms with Crippen molar-refractivity contribution < 1.29 is 4.74 Å². The summed E-state index contributed by atoms with van der Waals surface area (Å²) in [6.45, 7) is 7.01. The van der Waals surface area contributed by atoms with Gasteiger partial charge in [0, 0.05) is 6.04 Å². The molecule has 2 heteroatoms. The molecule has 0 amide bonds. The minimum atomic E-state index is 0.131. The summed E-state index contributed by atoms with van der Waals surface area (Å²) in [5, 5.41) is 0. The third-order valence-electron chi connectivity index (χ3n) is 2.26. The molecule has 2 N–H and O–H groups in total. The summed E-state index contributed by atoms with van der Waals surface area (Å²) in [6, 6.07) is 8.19. The number of hydrogen-bond donors (Lipinski definition) is 1. The highest BCUT2D eigenvalue weighted by molar-refractivity contribution is 5.26. The van der Waals surface area contributed by atoms with Crippen LogP contribution in [0.1, 0.15) is 25.8 Å². The highest BCUT2D eigenvalue weighted by Crippen LogP contribution is 2.12. The second-order valence-corrected chi connectivity index (χ2v) is 4.51. The second-order valence-electron chi connectivity index (χ2n) is 4.51. The Bertz CT molecular complexity index is 279. The fraction of sp³-hybridized carbons (Fsp3) is 0.538. The molecule has 0 aliphatic heterocycles. The fourth-order valence-corrected chi connectivity index (χ4v) is 1.51. The molecular weight excluding hydrogens is 186 g/mol. The van der Waals surface area contributed by atoms with Crippen molar-refractivity contribution in [2.75, 3.05) is 6.61 Å².